The molecular weight excluding hydrogens is 245 g/mol. The van der Waals surface area contributed by atoms with E-state index in [4.69, 9.17) is 16.3 Å². The summed E-state index contributed by atoms with van der Waals surface area (Å²) >= 11 is 5.71. The number of rotatable bonds is 4. The van der Waals surface area contributed by atoms with Gasteiger partial charge in [-0.25, -0.2) is 4.39 Å². The Kier molecular flexibility index (Phi) is 4.48. The van der Waals surface area contributed by atoms with Gasteiger partial charge in [0, 0.05) is 18.7 Å². The zero-order valence-electron chi connectivity index (χ0n) is 10.0. The van der Waals surface area contributed by atoms with Crippen LogP contribution in [0, 0.1) is 5.82 Å². The molecule has 0 aromatic heterocycles. The third-order valence-corrected chi connectivity index (χ3v) is 2.64. The average Bonchev–Trinajstić information content (AvgIpc) is 2.29. The van der Waals surface area contributed by atoms with E-state index in [1.165, 1.54) is 18.2 Å². The number of methoxy groups -OCH3 is 1. The molecule has 0 spiro atoms. The number of halogens is 2. The zero-order valence-corrected chi connectivity index (χ0v) is 10.8. The van der Waals surface area contributed by atoms with Gasteiger partial charge >= 0.3 is 0 Å². The molecule has 94 valence electrons. The highest BCUT2D eigenvalue weighted by atomic mass is 35.5. The highest BCUT2D eigenvalue weighted by Gasteiger charge is 2.19. The number of amides is 1. The lowest BCUT2D eigenvalue weighted by Gasteiger charge is -2.23. The largest absolute Gasteiger partial charge is 0.377 e. The summed E-state index contributed by atoms with van der Waals surface area (Å²) in [4.78, 5) is 11.7. The molecule has 0 aliphatic carbocycles. The maximum absolute atomic E-state index is 13.4. The first-order valence-electron chi connectivity index (χ1n) is 5.14. The molecule has 0 atom stereocenters. The van der Waals surface area contributed by atoms with Gasteiger partial charge in [0.25, 0.3) is 5.91 Å². The van der Waals surface area contributed by atoms with Gasteiger partial charge in [0.15, 0.2) is 0 Å². The minimum absolute atomic E-state index is 0.0654. The average molecular weight is 260 g/mol. The molecule has 0 aliphatic heterocycles. The number of hydrogen-bond donors (Lipinski definition) is 1. The van der Waals surface area contributed by atoms with Gasteiger partial charge in [-0.05, 0) is 32.0 Å². The first-order valence-corrected chi connectivity index (χ1v) is 5.52. The van der Waals surface area contributed by atoms with Crippen molar-refractivity contribution >= 4 is 17.5 Å². The van der Waals surface area contributed by atoms with Gasteiger partial charge in [0.1, 0.15) is 5.82 Å². The van der Waals surface area contributed by atoms with Crippen LogP contribution >= 0.6 is 11.6 Å². The molecule has 1 amide bonds. The summed E-state index contributed by atoms with van der Waals surface area (Å²) in [5, 5.41) is 2.92. The third kappa shape index (κ3) is 3.98. The lowest BCUT2D eigenvalue weighted by molar-refractivity contribution is 0.0228. The second-order valence-electron chi connectivity index (χ2n) is 4.27. The fourth-order valence-electron chi connectivity index (χ4n) is 1.13. The Morgan fingerprint density at radius 2 is 2.18 bits per heavy atom. The van der Waals surface area contributed by atoms with Crippen molar-refractivity contribution in [1.29, 1.82) is 0 Å². The van der Waals surface area contributed by atoms with Crippen LogP contribution in [-0.4, -0.2) is 25.2 Å². The van der Waals surface area contributed by atoms with Crippen molar-refractivity contribution in [3.8, 4) is 0 Å². The molecule has 0 unspecified atom stereocenters. The van der Waals surface area contributed by atoms with Gasteiger partial charge in [-0.2, -0.15) is 0 Å². The van der Waals surface area contributed by atoms with Crippen LogP contribution in [0.3, 0.4) is 0 Å². The summed E-state index contributed by atoms with van der Waals surface area (Å²) in [6.07, 6.45) is 0. The van der Waals surface area contributed by atoms with E-state index in [-0.39, 0.29) is 12.1 Å². The maximum Gasteiger partial charge on any atom is 0.254 e. The predicted molar refractivity (Wildman–Crippen MR) is 64.8 cm³/mol. The van der Waals surface area contributed by atoms with Crippen molar-refractivity contribution in [1.82, 2.24) is 5.32 Å². The Morgan fingerprint density at radius 1 is 1.53 bits per heavy atom. The summed E-state index contributed by atoms with van der Waals surface area (Å²) in [5.41, 5.74) is -0.561. The second kappa shape index (κ2) is 5.47. The number of carbonyl (C=O) groups excluding carboxylic acids is 1. The van der Waals surface area contributed by atoms with Crippen molar-refractivity contribution in [3.05, 3.63) is 34.6 Å². The van der Waals surface area contributed by atoms with Crippen molar-refractivity contribution < 1.29 is 13.9 Å². The molecule has 0 aliphatic rings. The molecule has 0 saturated heterocycles. The van der Waals surface area contributed by atoms with Crippen LogP contribution in [-0.2, 0) is 4.74 Å². The highest BCUT2D eigenvalue weighted by Crippen LogP contribution is 2.15. The van der Waals surface area contributed by atoms with Gasteiger partial charge in [0.2, 0.25) is 0 Å². The van der Waals surface area contributed by atoms with E-state index < -0.39 is 17.3 Å². The minimum atomic E-state index is -0.595. The van der Waals surface area contributed by atoms with Crippen LogP contribution in [0.1, 0.15) is 24.2 Å². The van der Waals surface area contributed by atoms with E-state index in [2.05, 4.69) is 5.32 Å². The molecule has 0 fully saturated rings. The van der Waals surface area contributed by atoms with E-state index in [1.54, 1.807) is 7.11 Å². The van der Waals surface area contributed by atoms with E-state index in [0.29, 0.717) is 5.02 Å². The number of hydrogen-bond acceptors (Lipinski definition) is 2. The van der Waals surface area contributed by atoms with Gasteiger partial charge in [-0.3, -0.25) is 4.79 Å². The molecule has 1 rings (SSSR count). The summed E-state index contributed by atoms with van der Waals surface area (Å²) in [6, 6.07) is 3.86. The Balaban J connectivity index is 2.74. The van der Waals surface area contributed by atoms with Crippen LogP contribution in [0.2, 0.25) is 5.02 Å². The van der Waals surface area contributed by atoms with Crippen LogP contribution in [0.15, 0.2) is 18.2 Å². The number of benzene rings is 1. The number of nitrogens with one attached hydrogen (secondary N) is 1. The van der Waals surface area contributed by atoms with Gasteiger partial charge in [0.05, 0.1) is 11.2 Å². The molecule has 5 heteroatoms. The third-order valence-electron chi connectivity index (χ3n) is 2.40. The molecule has 0 bridgehead atoms. The lowest BCUT2D eigenvalue weighted by Crippen LogP contribution is -2.40. The van der Waals surface area contributed by atoms with Crippen molar-refractivity contribution in [3.63, 3.8) is 0 Å². The minimum Gasteiger partial charge on any atom is -0.377 e. The summed E-state index contributed by atoms with van der Waals surface area (Å²) in [6.45, 7) is 3.93. The Hall–Kier alpha value is -1.13. The molecule has 0 saturated carbocycles. The molecule has 17 heavy (non-hydrogen) atoms. The predicted octanol–water partition coefficient (Wildman–Crippen LogP) is 2.63. The Labute approximate surface area is 105 Å². The Morgan fingerprint density at radius 3 is 2.76 bits per heavy atom. The smallest absolute Gasteiger partial charge is 0.254 e. The van der Waals surface area contributed by atoms with E-state index in [9.17, 15) is 9.18 Å². The maximum atomic E-state index is 13.4. The normalized spacial score (nSPS) is 11.4. The quantitative estimate of drug-likeness (QED) is 0.903. The van der Waals surface area contributed by atoms with Crippen molar-refractivity contribution in [2.45, 2.75) is 19.4 Å². The summed E-state index contributed by atoms with van der Waals surface area (Å²) in [7, 11) is 1.55. The van der Waals surface area contributed by atoms with E-state index in [1.807, 2.05) is 13.8 Å². The lowest BCUT2D eigenvalue weighted by atomic mass is 10.1. The highest BCUT2D eigenvalue weighted by molar-refractivity contribution is 6.30. The number of ether oxygens (including phenoxy) is 1. The topological polar surface area (TPSA) is 38.3 Å². The first kappa shape index (κ1) is 13.9. The summed E-state index contributed by atoms with van der Waals surface area (Å²) in [5.74, 6) is -1.10. The monoisotopic (exact) mass is 259 g/mol. The van der Waals surface area contributed by atoms with E-state index in [0.717, 1.165) is 0 Å². The second-order valence-corrected chi connectivity index (χ2v) is 4.71. The van der Waals surface area contributed by atoms with Crippen LogP contribution < -0.4 is 5.32 Å². The van der Waals surface area contributed by atoms with Crippen LogP contribution in [0.25, 0.3) is 0 Å². The fraction of sp³-hybridized carbons (Fsp3) is 0.417. The van der Waals surface area contributed by atoms with Gasteiger partial charge in [-0.1, -0.05) is 11.6 Å². The molecule has 1 aromatic rings. The molecule has 1 aromatic carbocycles. The standard InChI is InChI=1S/C12H15ClFNO2/c1-12(2,17-3)7-15-11(16)9-6-8(13)4-5-10(9)14/h4-6H,7H2,1-3H3,(H,15,16). The summed E-state index contributed by atoms with van der Waals surface area (Å²) < 4.78 is 18.5. The first-order chi connectivity index (χ1) is 7.85. The van der Waals surface area contributed by atoms with Crippen molar-refractivity contribution in [2.24, 2.45) is 0 Å². The Bertz CT molecular complexity index is 421. The molecule has 0 radical (unpaired) electrons. The van der Waals surface area contributed by atoms with Gasteiger partial charge < -0.3 is 10.1 Å². The fourth-order valence-corrected chi connectivity index (χ4v) is 1.30. The van der Waals surface area contributed by atoms with Gasteiger partial charge in [-0.15, -0.1) is 0 Å². The van der Waals surface area contributed by atoms with Crippen LogP contribution in [0.5, 0.6) is 0 Å². The molecular formula is C12H15ClFNO2. The SMILES string of the molecule is COC(C)(C)CNC(=O)c1cc(Cl)ccc1F. The van der Waals surface area contributed by atoms with Crippen LogP contribution in [0.4, 0.5) is 4.39 Å². The van der Waals surface area contributed by atoms with Crippen molar-refractivity contribution in [2.75, 3.05) is 13.7 Å². The van der Waals surface area contributed by atoms with E-state index >= 15 is 0 Å². The number of carbonyl (C=O) groups is 1. The zero-order chi connectivity index (χ0) is 13.1. The molecule has 0 heterocycles. The molecule has 3 nitrogen and oxygen atoms in total. The molecule has 1 N–H and O–H groups in total.